The molecule has 1 aromatic carbocycles. The maximum atomic E-state index is 5.62. The first kappa shape index (κ1) is 14.3. The van der Waals surface area contributed by atoms with Crippen LogP contribution in [-0.2, 0) is 4.74 Å². The van der Waals surface area contributed by atoms with E-state index in [0.717, 1.165) is 16.1 Å². The van der Waals surface area contributed by atoms with E-state index in [2.05, 4.69) is 27.5 Å². The Morgan fingerprint density at radius 3 is 2.44 bits per heavy atom. The minimum absolute atomic E-state index is 0.146. The van der Waals surface area contributed by atoms with Crippen molar-refractivity contribution in [2.45, 2.75) is 0 Å². The van der Waals surface area contributed by atoms with Gasteiger partial charge in [-0.1, -0.05) is 0 Å². The Bertz CT molecular complexity index is 294. The molecule has 0 atom stereocenters. The van der Waals surface area contributed by atoms with E-state index in [-0.39, 0.29) is 21.2 Å². The second kappa shape index (κ2) is 9.29. The summed E-state index contributed by atoms with van der Waals surface area (Å²) in [6.45, 7) is 1.17. The Balaban J connectivity index is 2.43. The summed E-state index contributed by atoms with van der Waals surface area (Å²) in [6, 6.07) is 7.77. The first-order valence-corrected chi connectivity index (χ1v) is 10.0. The molecule has 0 aliphatic rings. The molecule has 16 heavy (non-hydrogen) atoms. The molecular formula is C11H15I2O3-. The van der Waals surface area contributed by atoms with Gasteiger partial charge in [-0.05, 0) is 0 Å². The summed E-state index contributed by atoms with van der Waals surface area (Å²) in [6.07, 6.45) is 0. The van der Waals surface area contributed by atoms with Gasteiger partial charge in [0.2, 0.25) is 0 Å². The predicted molar refractivity (Wildman–Crippen MR) is 68.2 cm³/mol. The topological polar surface area (TPSA) is 27.7 Å². The summed E-state index contributed by atoms with van der Waals surface area (Å²) < 4.78 is 17.9. The summed E-state index contributed by atoms with van der Waals surface area (Å²) in [5.74, 6) is 1.63. The second-order valence-electron chi connectivity index (χ2n) is 2.83. The molecule has 92 valence electrons. The number of hydrogen-bond donors (Lipinski definition) is 0. The van der Waals surface area contributed by atoms with E-state index in [1.165, 1.54) is 0 Å². The predicted octanol–water partition coefficient (Wildman–Crippen LogP) is -0.470. The fourth-order valence-corrected chi connectivity index (χ4v) is 2.03. The van der Waals surface area contributed by atoms with Crippen molar-refractivity contribution in [2.75, 3.05) is 27.4 Å². The Morgan fingerprint density at radius 2 is 1.81 bits per heavy atom. The average molecular weight is 449 g/mol. The van der Waals surface area contributed by atoms with Crippen molar-refractivity contribution in [1.82, 2.24) is 0 Å². The number of hydrogen-bond acceptors (Lipinski definition) is 3. The molecule has 3 nitrogen and oxygen atoms in total. The van der Waals surface area contributed by atoms with Crippen LogP contribution in [0.5, 0.6) is 11.5 Å². The number of alkyl halides is 3. The van der Waals surface area contributed by atoms with Crippen molar-refractivity contribution < 1.29 is 35.4 Å². The van der Waals surface area contributed by atoms with Gasteiger partial charge in [-0.25, -0.2) is 0 Å². The van der Waals surface area contributed by atoms with Gasteiger partial charge in [0.25, 0.3) is 0 Å². The number of halogens is 2. The van der Waals surface area contributed by atoms with Crippen molar-refractivity contribution in [3.63, 3.8) is 0 Å². The Morgan fingerprint density at radius 1 is 1.12 bits per heavy atom. The van der Waals surface area contributed by atoms with Crippen LogP contribution in [0, 0.1) is 0 Å². The van der Waals surface area contributed by atoms with Crippen molar-refractivity contribution in [3.8, 4) is 11.5 Å². The molecule has 0 saturated heterocycles. The van der Waals surface area contributed by atoms with E-state index in [9.17, 15) is 0 Å². The monoisotopic (exact) mass is 449 g/mol. The summed E-state index contributed by atoms with van der Waals surface area (Å²) in [5.41, 5.74) is 0. The van der Waals surface area contributed by atoms with Gasteiger partial charge in [0.05, 0.1) is 0 Å². The van der Waals surface area contributed by atoms with Crippen LogP contribution in [-0.4, -0.2) is 27.4 Å². The normalized spacial score (nSPS) is 10.4. The van der Waals surface area contributed by atoms with Crippen LogP contribution in [0.1, 0.15) is 0 Å². The molecule has 5 heteroatoms. The van der Waals surface area contributed by atoms with Gasteiger partial charge in [0.1, 0.15) is 0 Å². The van der Waals surface area contributed by atoms with Crippen LogP contribution in [0.2, 0.25) is 0 Å². The Kier molecular flexibility index (Phi) is 8.30. The van der Waals surface area contributed by atoms with Gasteiger partial charge < -0.3 is 0 Å². The van der Waals surface area contributed by atoms with E-state index in [0.29, 0.717) is 17.8 Å². The van der Waals surface area contributed by atoms with Crippen LogP contribution < -0.4 is 30.7 Å². The third kappa shape index (κ3) is 5.53. The molecule has 0 radical (unpaired) electrons. The molecular weight excluding hydrogens is 434 g/mol. The number of ether oxygens (including phenoxy) is 3. The molecule has 1 rings (SSSR count). The number of rotatable bonds is 8. The van der Waals surface area contributed by atoms with Gasteiger partial charge in [0, 0.05) is 0 Å². The summed E-state index contributed by atoms with van der Waals surface area (Å²) >= 11 is 2.31. The Hall–Kier alpha value is 0.240. The second-order valence-corrected chi connectivity index (χ2v) is 5.60. The van der Waals surface area contributed by atoms with Crippen LogP contribution in [0.15, 0.2) is 24.3 Å². The van der Waals surface area contributed by atoms with Crippen LogP contribution >= 0.6 is 22.6 Å². The minimum atomic E-state index is 0.146. The fourth-order valence-electron chi connectivity index (χ4n) is 1.07. The van der Waals surface area contributed by atoms with Gasteiger partial charge in [-0.2, -0.15) is 0 Å². The summed E-state index contributed by atoms with van der Waals surface area (Å²) in [4.78, 5) is 2.19. The summed E-state index contributed by atoms with van der Waals surface area (Å²) in [5, 5.41) is 0. The first-order valence-electron chi connectivity index (χ1n) is 4.80. The zero-order chi connectivity index (χ0) is 11.6. The third-order valence-electron chi connectivity index (χ3n) is 1.73. The average Bonchev–Trinajstić information content (AvgIpc) is 2.33. The third-order valence-corrected chi connectivity index (χ3v) is 3.11. The Labute approximate surface area is 120 Å². The SMILES string of the molecule is C[I-]COc1ccccc1OCCOCI. The van der Waals surface area contributed by atoms with E-state index in [1.54, 1.807) is 0 Å². The quantitative estimate of drug-likeness (QED) is 0.306. The first-order chi connectivity index (χ1) is 7.88. The van der Waals surface area contributed by atoms with Crippen LogP contribution in [0.4, 0.5) is 0 Å². The standard InChI is InChI=1S/C11H15I2O3/c1-13-9-16-11-5-3-2-4-10(11)15-7-6-14-8-12/h2-5H,6-9H2,1H3/q-1. The molecule has 0 aliphatic carbocycles. The van der Waals surface area contributed by atoms with E-state index >= 15 is 0 Å². The number of benzene rings is 1. The van der Waals surface area contributed by atoms with Crippen LogP contribution in [0.25, 0.3) is 0 Å². The summed E-state index contributed by atoms with van der Waals surface area (Å²) in [7, 11) is 0. The number of para-hydroxylation sites is 2. The van der Waals surface area contributed by atoms with Gasteiger partial charge in [-0.3, -0.25) is 0 Å². The zero-order valence-electron chi connectivity index (χ0n) is 9.12. The van der Waals surface area contributed by atoms with E-state index in [4.69, 9.17) is 14.2 Å². The molecule has 0 N–H and O–H groups in total. The molecule has 0 aromatic heterocycles. The van der Waals surface area contributed by atoms with Crippen LogP contribution in [0.3, 0.4) is 0 Å². The van der Waals surface area contributed by atoms with E-state index in [1.807, 2.05) is 24.3 Å². The molecule has 0 fully saturated rings. The van der Waals surface area contributed by atoms with Crippen molar-refractivity contribution in [2.24, 2.45) is 0 Å². The van der Waals surface area contributed by atoms with Gasteiger partial charge >= 0.3 is 121 Å². The molecule has 0 bridgehead atoms. The van der Waals surface area contributed by atoms with Crippen molar-refractivity contribution in [3.05, 3.63) is 24.3 Å². The molecule has 0 amide bonds. The molecule has 1 aromatic rings. The molecule has 0 aliphatic heterocycles. The van der Waals surface area contributed by atoms with Gasteiger partial charge in [-0.15, -0.1) is 0 Å². The van der Waals surface area contributed by atoms with Crippen molar-refractivity contribution in [1.29, 1.82) is 0 Å². The molecule has 0 spiro atoms. The fraction of sp³-hybridized carbons (Fsp3) is 0.455. The van der Waals surface area contributed by atoms with E-state index < -0.39 is 0 Å². The molecule has 0 unspecified atom stereocenters. The van der Waals surface area contributed by atoms with Gasteiger partial charge in [0.15, 0.2) is 0 Å². The van der Waals surface area contributed by atoms with Crippen molar-refractivity contribution >= 4 is 22.6 Å². The zero-order valence-corrected chi connectivity index (χ0v) is 13.4. The molecule has 0 heterocycles. The molecule has 0 saturated carbocycles. The maximum absolute atomic E-state index is 5.62.